The van der Waals surface area contributed by atoms with Crippen LogP contribution in [0.2, 0.25) is 0 Å². The van der Waals surface area contributed by atoms with Crippen molar-refractivity contribution in [3.8, 4) is 11.6 Å². The van der Waals surface area contributed by atoms with Crippen LogP contribution in [0.1, 0.15) is 32.1 Å². The van der Waals surface area contributed by atoms with Crippen molar-refractivity contribution in [1.82, 2.24) is 34.5 Å². The van der Waals surface area contributed by atoms with Crippen LogP contribution in [0.25, 0.3) is 28.0 Å². The van der Waals surface area contributed by atoms with E-state index in [0.717, 1.165) is 34.6 Å². The molecule has 0 fully saturated rings. The average Bonchev–Trinajstić information content (AvgIpc) is 3.43. The van der Waals surface area contributed by atoms with Crippen LogP contribution in [-0.4, -0.2) is 41.1 Å². The summed E-state index contributed by atoms with van der Waals surface area (Å²) in [6.07, 6.45) is 3.91. The lowest BCUT2D eigenvalue weighted by Crippen LogP contribution is -2.16. The van der Waals surface area contributed by atoms with E-state index in [2.05, 4.69) is 36.7 Å². The van der Waals surface area contributed by atoms with E-state index >= 15 is 0 Å². The van der Waals surface area contributed by atoms with Crippen molar-refractivity contribution in [2.45, 2.75) is 26.3 Å². The molecule has 31 heavy (non-hydrogen) atoms. The van der Waals surface area contributed by atoms with Crippen molar-refractivity contribution in [1.29, 1.82) is 0 Å². The highest BCUT2D eigenvalue weighted by Gasteiger charge is 2.23. The molecule has 4 aromatic heterocycles. The van der Waals surface area contributed by atoms with Crippen molar-refractivity contribution in [3.63, 3.8) is 0 Å². The number of benzene rings is 1. The summed E-state index contributed by atoms with van der Waals surface area (Å²) in [5.74, 6) is 2.11. The lowest BCUT2D eigenvalue weighted by atomic mass is 10.2. The molecule has 0 aliphatic carbocycles. The van der Waals surface area contributed by atoms with Gasteiger partial charge in [0.1, 0.15) is 23.2 Å². The Morgan fingerprint density at radius 2 is 1.90 bits per heavy atom. The quantitative estimate of drug-likeness (QED) is 0.414. The Balaban J connectivity index is 1.66. The van der Waals surface area contributed by atoms with Gasteiger partial charge in [0.25, 0.3) is 0 Å². The lowest BCUT2D eigenvalue weighted by molar-refractivity contribution is 0.328. The highest BCUT2D eigenvalue weighted by Crippen LogP contribution is 2.30. The molecular weight excluding hydrogens is 392 g/mol. The smallest absolute Gasteiger partial charge is 0.215 e. The Hall–Kier alpha value is -4.01. The Morgan fingerprint density at radius 3 is 2.71 bits per heavy atom. The zero-order valence-electron chi connectivity index (χ0n) is 17.3. The van der Waals surface area contributed by atoms with E-state index in [1.54, 1.807) is 6.33 Å². The summed E-state index contributed by atoms with van der Waals surface area (Å²) >= 11 is 0. The fourth-order valence-corrected chi connectivity index (χ4v) is 3.64. The second-order valence-corrected chi connectivity index (χ2v) is 6.99. The third kappa shape index (κ3) is 3.43. The van der Waals surface area contributed by atoms with Gasteiger partial charge in [-0.3, -0.25) is 4.57 Å². The first-order chi connectivity index (χ1) is 15.3. The molecule has 0 aliphatic rings. The number of H-pyrrole nitrogens is 1. The van der Waals surface area contributed by atoms with Crippen molar-refractivity contribution < 1.29 is 4.74 Å². The number of anilines is 1. The maximum absolute atomic E-state index is 5.64. The van der Waals surface area contributed by atoms with E-state index in [1.165, 1.54) is 6.33 Å². The molecule has 9 heteroatoms. The highest BCUT2D eigenvalue weighted by atomic mass is 16.5. The SMILES string of the molecule is CCOc1ccc2nc([C@H](CC)Nc3ncnc4nc[nH]c34)n(-c3ccccc3)c2n1. The van der Waals surface area contributed by atoms with Crippen molar-refractivity contribution in [3.05, 3.63) is 60.9 Å². The van der Waals surface area contributed by atoms with Gasteiger partial charge in [-0.25, -0.2) is 19.9 Å². The van der Waals surface area contributed by atoms with Gasteiger partial charge >= 0.3 is 0 Å². The number of nitrogens with one attached hydrogen (secondary N) is 2. The standard InChI is InChI=1S/C22H22N8O/c1-3-15(27-20-18-19(24-12-23-18)25-13-26-20)21-28-16-10-11-17(31-4-2)29-22(16)30(21)14-8-6-5-7-9-14/h5-13,15H,3-4H2,1-2H3,(H2,23,24,25,26,27)/t15-/m0/s1. The summed E-state index contributed by atoms with van der Waals surface area (Å²) in [5, 5.41) is 3.52. The van der Waals surface area contributed by atoms with E-state index < -0.39 is 0 Å². The Morgan fingerprint density at radius 1 is 1.03 bits per heavy atom. The van der Waals surface area contributed by atoms with Crippen LogP contribution >= 0.6 is 0 Å². The minimum atomic E-state index is -0.119. The molecule has 5 rings (SSSR count). The molecule has 0 amide bonds. The second-order valence-electron chi connectivity index (χ2n) is 6.99. The van der Waals surface area contributed by atoms with Gasteiger partial charge in [0, 0.05) is 11.8 Å². The molecule has 0 saturated carbocycles. The van der Waals surface area contributed by atoms with Crippen molar-refractivity contribution in [2.24, 2.45) is 0 Å². The van der Waals surface area contributed by atoms with Crippen LogP contribution in [-0.2, 0) is 0 Å². The molecule has 0 radical (unpaired) electrons. The third-order valence-electron chi connectivity index (χ3n) is 5.07. The maximum Gasteiger partial charge on any atom is 0.215 e. The van der Waals surface area contributed by atoms with Crippen LogP contribution in [0.15, 0.2) is 55.1 Å². The highest BCUT2D eigenvalue weighted by molar-refractivity contribution is 5.82. The number of pyridine rings is 1. The number of imidazole rings is 2. The summed E-state index contributed by atoms with van der Waals surface area (Å²) in [5.41, 5.74) is 3.92. The summed E-state index contributed by atoms with van der Waals surface area (Å²) in [6.45, 7) is 4.61. The molecule has 1 aromatic carbocycles. The lowest BCUT2D eigenvalue weighted by Gasteiger charge is -2.19. The largest absolute Gasteiger partial charge is 0.478 e. The van der Waals surface area contributed by atoms with Gasteiger partial charge in [-0.15, -0.1) is 0 Å². The normalized spacial score (nSPS) is 12.3. The van der Waals surface area contributed by atoms with E-state index in [0.29, 0.717) is 24.0 Å². The van der Waals surface area contributed by atoms with E-state index in [9.17, 15) is 0 Å². The molecule has 2 N–H and O–H groups in total. The first-order valence-corrected chi connectivity index (χ1v) is 10.3. The van der Waals surface area contributed by atoms with Crippen LogP contribution in [0, 0.1) is 0 Å². The Bertz CT molecular complexity index is 1330. The topological polar surface area (TPSA) is 106 Å². The predicted octanol–water partition coefficient (Wildman–Crippen LogP) is 4.05. The third-order valence-corrected chi connectivity index (χ3v) is 5.07. The van der Waals surface area contributed by atoms with Crippen LogP contribution in [0.5, 0.6) is 5.88 Å². The van der Waals surface area contributed by atoms with Gasteiger partial charge in [0.15, 0.2) is 17.1 Å². The van der Waals surface area contributed by atoms with Gasteiger partial charge in [-0.1, -0.05) is 25.1 Å². The fourth-order valence-electron chi connectivity index (χ4n) is 3.64. The van der Waals surface area contributed by atoms with E-state index in [4.69, 9.17) is 14.7 Å². The predicted molar refractivity (Wildman–Crippen MR) is 118 cm³/mol. The zero-order chi connectivity index (χ0) is 21.2. The molecule has 5 aromatic rings. The number of aromatic amines is 1. The second kappa shape index (κ2) is 8.02. The number of rotatable bonds is 7. The van der Waals surface area contributed by atoms with Crippen molar-refractivity contribution >= 4 is 28.1 Å². The molecule has 0 spiro atoms. The Kier molecular flexibility index (Phi) is 4.91. The van der Waals surface area contributed by atoms with Gasteiger partial charge in [0.05, 0.1) is 19.0 Å². The van der Waals surface area contributed by atoms with Gasteiger partial charge < -0.3 is 15.0 Å². The number of fused-ring (bicyclic) bond motifs is 2. The van der Waals surface area contributed by atoms with Crippen LogP contribution in [0.3, 0.4) is 0 Å². The molecule has 4 heterocycles. The Labute approximate surface area is 178 Å². The summed E-state index contributed by atoms with van der Waals surface area (Å²) in [6, 6.07) is 13.8. The van der Waals surface area contributed by atoms with Crippen LogP contribution < -0.4 is 10.1 Å². The number of hydrogen-bond acceptors (Lipinski definition) is 7. The first-order valence-electron chi connectivity index (χ1n) is 10.3. The molecule has 1 atom stereocenters. The van der Waals surface area contributed by atoms with Crippen molar-refractivity contribution in [2.75, 3.05) is 11.9 Å². The van der Waals surface area contributed by atoms with E-state index in [-0.39, 0.29) is 6.04 Å². The number of aromatic nitrogens is 7. The minimum Gasteiger partial charge on any atom is -0.478 e. The summed E-state index contributed by atoms with van der Waals surface area (Å²) in [4.78, 5) is 25.6. The average molecular weight is 414 g/mol. The van der Waals surface area contributed by atoms with Crippen LogP contribution in [0.4, 0.5) is 5.82 Å². The molecule has 9 nitrogen and oxygen atoms in total. The van der Waals surface area contributed by atoms with Gasteiger partial charge in [-0.2, -0.15) is 4.98 Å². The maximum atomic E-state index is 5.64. The summed E-state index contributed by atoms with van der Waals surface area (Å²) < 4.78 is 7.71. The van der Waals surface area contributed by atoms with E-state index in [1.807, 2.05) is 49.4 Å². The fraction of sp³-hybridized carbons (Fsp3) is 0.227. The molecule has 0 saturated heterocycles. The zero-order valence-corrected chi connectivity index (χ0v) is 17.3. The number of nitrogens with zero attached hydrogens (tertiary/aromatic N) is 6. The monoisotopic (exact) mass is 414 g/mol. The molecule has 0 unspecified atom stereocenters. The van der Waals surface area contributed by atoms with Gasteiger partial charge in [0.2, 0.25) is 5.88 Å². The number of hydrogen-bond donors (Lipinski definition) is 2. The summed E-state index contributed by atoms with van der Waals surface area (Å²) in [7, 11) is 0. The molecule has 156 valence electrons. The number of para-hydroxylation sites is 1. The first kappa shape index (κ1) is 19.0. The molecular formula is C22H22N8O. The minimum absolute atomic E-state index is 0.119. The number of ether oxygens (including phenoxy) is 1. The molecule has 0 bridgehead atoms. The van der Waals surface area contributed by atoms with Gasteiger partial charge in [-0.05, 0) is 31.5 Å². The molecule has 0 aliphatic heterocycles.